The van der Waals surface area contributed by atoms with E-state index < -0.39 is 6.10 Å². The molecule has 2 unspecified atom stereocenters. The van der Waals surface area contributed by atoms with Gasteiger partial charge in [0, 0.05) is 19.4 Å². The van der Waals surface area contributed by atoms with E-state index in [1.165, 1.54) is 0 Å². The number of carbonyl (C=O) groups is 1. The molecule has 0 spiro atoms. The number of benzene rings is 1. The minimum Gasteiger partial charge on any atom is -0.378 e. The fraction of sp³-hybridized carbons (Fsp3) is 0.250. The molecule has 2 rings (SSSR count). The molecule has 1 heterocycles. The molecule has 4 heteroatoms. The summed E-state index contributed by atoms with van der Waals surface area (Å²) >= 11 is 0. The largest absolute Gasteiger partial charge is 0.378 e. The summed E-state index contributed by atoms with van der Waals surface area (Å²) in [6, 6.07) is 12.6. The number of aromatic nitrogens is 1. The quantitative estimate of drug-likeness (QED) is 0.927. The van der Waals surface area contributed by atoms with Crippen molar-refractivity contribution in [1.82, 2.24) is 9.88 Å². The molecule has 0 bridgehead atoms. The third-order valence-electron chi connectivity index (χ3n) is 3.47. The zero-order chi connectivity index (χ0) is 14.5. The highest BCUT2D eigenvalue weighted by molar-refractivity contribution is 5.82. The molecule has 104 valence electrons. The number of amides is 1. The molecule has 0 aliphatic heterocycles. The van der Waals surface area contributed by atoms with Gasteiger partial charge in [0.1, 0.15) is 0 Å². The number of rotatable bonds is 4. The van der Waals surface area contributed by atoms with Crippen LogP contribution < -0.4 is 0 Å². The number of carbonyl (C=O) groups excluding carboxylic acids is 1. The number of aliphatic hydroxyl groups excluding tert-OH is 1. The van der Waals surface area contributed by atoms with E-state index >= 15 is 0 Å². The summed E-state index contributed by atoms with van der Waals surface area (Å²) in [7, 11) is 1.69. The second kappa shape index (κ2) is 6.30. The van der Waals surface area contributed by atoms with E-state index in [4.69, 9.17) is 0 Å². The second-order valence-electron chi connectivity index (χ2n) is 4.72. The van der Waals surface area contributed by atoms with Gasteiger partial charge in [0.15, 0.2) is 6.10 Å². The Bertz CT molecular complexity index is 557. The molecule has 0 aliphatic carbocycles. The van der Waals surface area contributed by atoms with Crippen LogP contribution in [0.25, 0.3) is 0 Å². The molecule has 2 atom stereocenters. The summed E-state index contributed by atoms with van der Waals surface area (Å²) in [5, 5.41) is 10.2. The van der Waals surface area contributed by atoms with Crippen LogP contribution in [0.1, 0.15) is 30.2 Å². The highest BCUT2D eigenvalue weighted by Crippen LogP contribution is 2.22. The fourth-order valence-corrected chi connectivity index (χ4v) is 2.03. The van der Waals surface area contributed by atoms with Crippen LogP contribution in [0, 0.1) is 0 Å². The van der Waals surface area contributed by atoms with Gasteiger partial charge in [-0.3, -0.25) is 9.78 Å². The van der Waals surface area contributed by atoms with Crippen molar-refractivity contribution >= 4 is 5.91 Å². The van der Waals surface area contributed by atoms with Crippen molar-refractivity contribution in [2.45, 2.75) is 19.1 Å². The van der Waals surface area contributed by atoms with E-state index in [0.717, 1.165) is 5.56 Å². The monoisotopic (exact) mass is 270 g/mol. The number of nitrogens with zero attached hydrogens (tertiary/aromatic N) is 2. The average molecular weight is 270 g/mol. The van der Waals surface area contributed by atoms with Crippen molar-refractivity contribution in [2.24, 2.45) is 0 Å². The van der Waals surface area contributed by atoms with Crippen LogP contribution in [0.4, 0.5) is 0 Å². The molecule has 0 saturated carbocycles. The maximum atomic E-state index is 12.3. The molecule has 1 aromatic carbocycles. The average Bonchev–Trinajstić information content (AvgIpc) is 2.53. The topological polar surface area (TPSA) is 53.4 Å². The lowest BCUT2D eigenvalue weighted by Gasteiger charge is -2.27. The Kier molecular flexibility index (Phi) is 4.48. The summed E-state index contributed by atoms with van der Waals surface area (Å²) in [6.07, 6.45) is 2.25. The smallest absolute Gasteiger partial charge is 0.256 e. The van der Waals surface area contributed by atoms with Crippen LogP contribution in [0.3, 0.4) is 0 Å². The van der Waals surface area contributed by atoms with E-state index in [-0.39, 0.29) is 11.9 Å². The lowest BCUT2D eigenvalue weighted by Crippen LogP contribution is -2.33. The van der Waals surface area contributed by atoms with Crippen LogP contribution in [-0.4, -0.2) is 27.9 Å². The summed E-state index contributed by atoms with van der Waals surface area (Å²) < 4.78 is 0. The Morgan fingerprint density at radius 1 is 1.10 bits per heavy atom. The van der Waals surface area contributed by atoms with Gasteiger partial charge in [-0.1, -0.05) is 30.3 Å². The summed E-state index contributed by atoms with van der Waals surface area (Å²) in [4.78, 5) is 17.8. The van der Waals surface area contributed by atoms with Crippen molar-refractivity contribution < 1.29 is 9.90 Å². The number of hydrogen-bond acceptors (Lipinski definition) is 3. The van der Waals surface area contributed by atoms with Crippen LogP contribution in [0.15, 0.2) is 54.9 Å². The van der Waals surface area contributed by atoms with Gasteiger partial charge < -0.3 is 10.0 Å². The van der Waals surface area contributed by atoms with Crippen molar-refractivity contribution in [3.63, 3.8) is 0 Å². The highest BCUT2D eigenvalue weighted by Gasteiger charge is 2.24. The minimum absolute atomic E-state index is 0.121. The summed E-state index contributed by atoms with van der Waals surface area (Å²) in [5.41, 5.74) is 1.59. The maximum Gasteiger partial charge on any atom is 0.256 e. The van der Waals surface area contributed by atoms with Crippen LogP contribution in [0.5, 0.6) is 0 Å². The zero-order valence-electron chi connectivity index (χ0n) is 11.6. The SMILES string of the molecule is CC(c1ccncc1)N(C)C(=O)C(O)c1ccccc1. The number of likely N-dealkylation sites (N-methyl/N-ethyl adjacent to an activating group) is 1. The van der Waals surface area contributed by atoms with Gasteiger partial charge in [-0.2, -0.15) is 0 Å². The lowest BCUT2D eigenvalue weighted by atomic mass is 10.1. The van der Waals surface area contributed by atoms with Gasteiger partial charge in [0.2, 0.25) is 0 Å². The Balaban J connectivity index is 2.13. The minimum atomic E-state index is -1.13. The van der Waals surface area contributed by atoms with Gasteiger partial charge >= 0.3 is 0 Å². The first-order valence-electron chi connectivity index (χ1n) is 6.51. The number of pyridine rings is 1. The second-order valence-corrected chi connectivity index (χ2v) is 4.72. The van der Waals surface area contributed by atoms with Gasteiger partial charge in [0.05, 0.1) is 6.04 Å². The first-order chi connectivity index (χ1) is 9.61. The van der Waals surface area contributed by atoms with Crippen LogP contribution >= 0.6 is 0 Å². The Labute approximate surface area is 118 Å². The van der Waals surface area contributed by atoms with Gasteiger partial charge in [-0.15, -0.1) is 0 Å². The third-order valence-corrected chi connectivity index (χ3v) is 3.47. The van der Waals surface area contributed by atoms with E-state index in [2.05, 4.69) is 4.98 Å². The molecule has 0 fully saturated rings. The van der Waals surface area contributed by atoms with Crippen molar-refractivity contribution in [1.29, 1.82) is 0 Å². The molecule has 0 saturated heterocycles. The number of aliphatic hydroxyl groups is 1. The first-order valence-corrected chi connectivity index (χ1v) is 6.51. The first kappa shape index (κ1) is 14.2. The van der Waals surface area contributed by atoms with Crippen molar-refractivity contribution in [3.05, 3.63) is 66.0 Å². The predicted octanol–water partition coefficient (Wildman–Crippen LogP) is 2.33. The zero-order valence-corrected chi connectivity index (χ0v) is 11.6. The van der Waals surface area contributed by atoms with Crippen LogP contribution in [-0.2, 0) is 4.79 Å². The molecule has 2 aromatic rings. The van der Waals surface area contributed by atoms with Gasteiger partial charge in [-0.05, 0) is 30.2 Å². The fourth-order valence-electron chi connectivity index (χ4n) is 2.03. The number of hydrogen-bond donors (Lipinski definition) is 1. The Morgan fingerprint density at radius 2 is 1.70 bits per heavy atom. The van der Waals surface area contributed by atoms with Crippen molar-refractivity contribution in [2.75, 3.05) is 7.05 Å². The standard InChI is InChI=1S/C16H18N2O2/c1-12(13-8-10-17-11-9-13)18(2)16(20)15(19)14-6-4-3-5-7-14/h3-12,15,19H,1-2H3. The lowest BCUT2D eigenvalue weighted by molar-refractivity contribution is -0.141. The highest BCUT2D eigenvalue weighted by atomic mass is 16.3. The Morgan fingerprint density at radius 3 is 2.30 bits per heavy atom. The maximum absolute atomic E-state index is 12.3. The molecular weight excluding hydrogens is 252 g/mol. The normalized spacial score (nSPS) is 13.6. The van der Waals surface area contributed by atoms with E-state index in [9.17, 15) is 9.90 Å². The van der Waals surface area contributed by atoms with Crippen LogP contribution in [0.2, 0.25) is 0 Å². The molecule has 1 amide bonds. The third kappa shape index (κ3) is 3.03. The molecule has 0 aliphatic rings. The molecule has 4 nitrogen and oxygen atoms in total. The predicted molar refractivity (Wildman–Crippen MR) is 76.8 cm³/mol. The van der Waals surface area contributed by atoms with E-state index in [0.29, 0.717) is 5.56 Å². The van der Waals surface area contributed by atoms with E-state index in [1.807, 2.05) is 25.1 Å². The summed E-state index contributed by atoms with van der Waals surface area (Å²) in [6.45, 7) is 1.92. The molecular formula is C16H18N2O2. The van der Waals surface area contributed by atoms with E-state index in [1.54, 1.807) is 48.6 Å². The molecule has 1 N–H and O–H groups in total. The molecule has 0 radical (unpaired) electrons. The molecule has 1 aromatic heterocycles. The summed E-state index contributed by atoms with van der Waals surface area (Å²) in [5.74, 6) is -0.319. The Hall–Kier alpha value is -2.20. The van der Waals surface area contributed by atoms with Gasteiger partial charge in [0.25, 0.3) is 5.91 Å². The van der Waals surface area contributed by atoms with Gasteiger partial charge in [-0.25, -0.2) is 0 Å². The van der Waals surface area contributed by atoms with Crippen molar-refractivity contribution in [3.8, 4) is 0 Å². The molecule has 20 heavy (non-hydrogen) atoms.